The van der Waals surface area contributed by atoms with Crippen molar-refractivity contribution in [3.63, 3.8) is 0 Å². The van der Waals surface area contributed by atoms with Gasteiger partial charge in [0.2, 0.25) is 0 Å². The van der Waals surface area contributed by atoms with Gasteiger partial charge in [-0.05, 0) is 37.0 Å². The van der Waals surface area contributed by atoms with Crippen LogP contribution in [0.4, 0.5) is 0 Å². The van der Waals surface area contributed by atoms with Gasteiger partial charge in [0.05, 0.1) is 0 Å². The Morgan fingerprint density at radius 2 is 2.08 bits per heavy atom. The number of hydrogen-bond acceptors (Lipinski definition) is 0. The molecule has 0 fully saturated rings. The van der Waals surface area contributed by atoms with E-state index in [0.29, 0.717) is 0 Å². The highest BCUT2D eigenvalue weighted by Gasteiger charge is 1.93. The highest BCUT2D eigenvalue weighted by atomic mass is 79.9. The number of hydrogen-bond donors (Lipinski definition) is 0. The summed E-state index contributed by atoms with van der Waals surface area (Å²) >= 11 is 9.26. The molecule has 0 atom stereocenters. The Morgan fingerprint density at radius 1 is 1.25 bits per heavy atom. The molecule has 1 rings (SSSR count). The molecule has 0 aliphatic carbocycles. The second-order valence-electron chi connectivity index (χ2n) is 2.78. The van der Waals surface area contributed by atoms with E-state index in [4.69, 9.17) is 11.6 Å². The van der Waals surface area contributed by atoms with E-state index in [9.17, 15) is 0 Å². The molecular weight excluding hydrogens is 235 g/mol. The Bertz CT molecular complexity index is 235. The first-order valence-electron chi connectivity index (χ1n) is 4.13. The molecule has 0 amide bonds. The molecule has 0 unspecified atom stereocenters. The smallest absolute Gasteiger partial charge is 0.0408 e. The normalized spacial score (nSPS) is 10.2. The molecule has 0 saturated heterocycles. The highest BCUT2D eigenvalue weighted by Crippen LogP contribution is 2.12. The van der Waals surface area contributed by atoms with Crippen LogP contribution in [0.3, 0.4) is 0 Å². The topological polar surface area (TPSA) is 0 Å². The zero-order chi connectivity index (χ0) is 8.81. The molecule has 0 heterocycles. The van der Waals surface area contributed by atoms with Gasteiger partial charge in [0.1, 0.15) is 0 Å². The Kier molecular flexibility index (Phi) is 4.70. The molecule has 0 aliphatic rings. The summed E-state index contributed by atoms with van der Waals surface area (Å²) in [5.74, 6) is 0. The van der Waals surface area contributed by atoms with Gasteiger partial charge >= 0.3 is 0 Å². The fourth-order valence-electron chi connectivity index (χ4n) is 1.12. The summed E-state index contributed by atoms with van der Waals surface area (Å²) in [6.07, 6.45) is 3.59. The summed E-state index contributed by atoms with van der Waals surface area (Å²) in [6.45, 7) is 0. The largest absolute Gasteiger partial charge is 0.0928 e. The van der Waals surface area contributed by atoms with E-state index in [1.54, 1.807) is 0 Å². The van der Waals surface area contributed by atoms with Gasteiger partial charge in [-0.2, -0.15) is 0 Å². The van der Waals surface area contributed by atoms with Crippen LogP contribution >= 0.6 is 27.5 Å². The first-order valence-corrected chi connectivity index (χ1v) is 5.63. The van der Waals surface area contributed by atoms with Crippen LogP contribution in [0.1, 0.15) is 18.4 Å². The number of benzene rings is 1. The van der Waals surface area contributed by atoms with Crippen molar-refractivity contribution >= 4 is 27.5 Å². The van der Waals surface area contributed by atoms with E-state index in [1.807, 2.05) is 18.2 Å². The first-order chi connectivity index (χ1) is 5.83. The van der Waals surface area contributed by atoms with Crippen molar-refractivity contribution in [2.45, 2.75) is 19.3 Å². The van der Waals surface area contributed by atoms with Crippen molar-refractivity contribution in [1.82, 2.24) is 0 Å². The van der Waals surface area contributed by atoms with E-state index < -0.39 is 0 Å². The monoisotopic (exact) mass is 246 g/mol. The average molecular weight is 248 g/mol. The lowest BCUT2D eigenvalue weighted by molar-refractivity contribution is 0.806. The van der Waals surface area contributed by atoms with Gasteiger partial charge in [0, 0.05) is 10.4 Å². The molecule has 0 N–H and O–H groups in total. The zero-order valence-electron chi connectivity index (χ0n) is 6.89. The SMILES string of the molecule is Clc1cccc(CCCCBr)c1. The zero-order valence-corrected chi connectivity index (χ0v) is 9.24. The number of rotatable bonds is 4. The van der Waals surface area contributed by atoms with Crippen molar-refractivity contribution in [3.05, 3.63) is 34.9 Å². The Balaban J connectivity index is 2.41. The van der Waals surface area contributed by atoms with Gasteiger partial charge in [-0.15, -0.1) is 0 Å². The molecule has 12 heavy (non-hydrogen) atoms. The van der Waals surface area contributed by atoms with Crippen LogP contribution < -0.4 is 0 Å². The number of halogens is 2. The summed E-state index contributed by atoms with van der Waals surface area (Å²) in [4.78, 5) is 0. The molecule has 0 spiro atoms. The highest BCUT2D eigenvalue weighted by molar-refractivity contribution is 9.09. The Labute approximate surface area is 87.1 Å². The van der Waals surface area contributed by atoms with E-state index in [-0.39, 0.29) is 0 Å². The van der Waals surface area contributed by atoms with Crippen LogP contribution in [0, 0.1) is 0 Å². The number of unbranched alkanes of at least 4 members (excludes halogenated alkanes) is 1. The fraction of sp³-hybridized carbons (Fsp3) is 0.400. The van der Waals surface area contributed by atoms with Crippen molar-refractivity contribution in [2.75, 3.05) is 5.33 Å². The second-order valence-corrected chi connectivity index (χ2v) is 4.01. The molecule has 0 saturated carbocycles. The summed E-state index contributed by atoms with van der Waals surface area (Å²) in [5, 5.41) is 1.93. The lowest BCUT2D eigenvalue weighted by Gasteiger charge is -1.99. The van der Waals surface area contributed by atoms with Crippen molar-refractivity contribution < 1.29 is 0 Å². The van der Waals surface area contributed by atoms with E-state index in [0.717, 1.165) is 16.8 Å². The van der Waals surface area contributed by atoms with E-state index in [2.05, 4.69) is 22.0 Å². The number of alkyl halides is 1. The van der Waals surface area contributed by atoms with E-state index in [1.165, 1.54) is 18.4 Å². The maximum atomic E-state index is 5.85. The van der Waals surface area contributed by atoms with Gasteiger partial charge in [-0.25, -0.2) is 0 Å². The van der Waals surface area contributed by atoms with Gasteiger partial charge in [-0.1, -0.05) is 39.7 Å². The summed E-state index contributed by atoms with van der Waals surface area (Å²) in [5.41, 5.74) is 1.34. The van der Waals surface area contributed by atoms with Crippen LogP contribution in [0.2, 0.25) is 5.02 Å². The van der Waals surface area contributed by atoms with Crippen LogP contribution in [0.25, 0.3) is 0 Å². The predicted molar refractivity (Wildman–Crippen MR) is 58.2 cm³/mol. The second kappa shape index (κ2) is 5.60. The molecule has 1 aromatic carbocycles. The minimum atomic E-state index is 0.839. The third-order valence-electron chi connectivity index (χ3n) is 1.74. The van der Waals surface area contributed by atoms with Crippen LogP contribution in [-0.2, 0) is 6.42 Å². The number of aryl methyl sites for hydroxylation is 1. The summed E-state index contributed by atoms with van der Waals surface area (Å²) in [7, 11) is 0. The van der Waals surface area contributed by atoms with E-state index >= 15 is 0 Å². The van der Waals surface area contributed by atoms with Gasteiger partial charge in [-0.3, -0.25) is 0 Å². The fourth-order valence-corrected chi connectivity index (χ4v) is 1.73. The lowest BCUT2D eigenvalue weighted by atomic mass is 10.1. The summed E-state index contributed by atoms with van der Waals surface area (Å²) in [6, 6.07) is 8.08. The Morgan fingerprint density at radius 3 is 2.75 bits per heavy atom. The molecule has 0 bridgehead atoms. The van der Waals surface area contributed by atoms with Gasteiger partial charge in [0.15, 0.2) is 0 Å². The van der Waals surface area contributed by atoms with Crippen LogP contribution in [0.15, 0.2) is 24.3 Å². The quantitative estimate of drug-likeness (QED) is 0.556. The average Bonchev–Trinajstić information content (AvgIpc) is 2.05. The van der Waals surface area contributed by atoms with Gasteiger partial charge in [0.25, 0.3) is 0 Å². The van der Waals surface area contributed by atoms with Crippen molar-refractivity contribution in [3.8, 4) is 0 Å². The van der Waals surface area contributed by atoms with Crippen LogP contribution in [-0.4, -0.2) is 5.33 Å². The summed E-state index contributed by atoms with van der Waals surface area (Å²) < 4.78 is 0. The first kappa shape index (κ1) is 10.1. The molecule has 0 radical (unpaired) electrons. The molecule has 2 heteroatoms. The predicted octanol–water partition coefficient (Wildman–Crippen LogP) is 4.06. The van der Waals surface area contributed by atoms with Crippen molar-refractivity contribution in [1.29, 1.82) is 0 Å². The minimum absolute atomic E-state index is 0.839. The lowest BCUT2D eigenvalue weighted by Crippen LogP contribution is -1.85. The third kappa shape index (κ3) is 3.59. The van der Waals surface area contributed by atoms with Crippen molar-refractivity contribution in [2.24, 2.45) is 0 Å². The molecule has 0 nitrogen and oxygen atoms in total. The molecule has 0 aliphatic heterocycles. The standard InChI is InChI=1S/C10H12BrCl/c11-7-2-1-4-9-5-3-6-10(12)8-9/h3,5-6,8H,1-2,4,7H2. The molecule has 1 aromatic rings. The molecular formula is C10H12BrCl. The Hall–Kier alpha value is -0.0100. The minimum Gasteiger partial charge on any atom is -0.0928 e. The maximum Gasteiger partial charge on any atom is 0.0408 e. The maximum absolute atomic E-state index is 5.85. The third-order valence-corrected chi connectivity index (χ3v) is 2.53. The molecule has 0 aromatic heterocycles. The molecule has 66 valence electrons. The van der Waals surface area contributed by atoms with Gasteiger partial charge < -0.3 is 0 Å². The van der Waals surface area contributed by atoms with Crippen LogP contribution in [0.5, 0.6) is 0 Å².